The summed E-state index contributed by atoms with van der Waals surface area (Å²) in [5.41, 5.74) is 6.68. The van der Waals surface area contributed by atoms with Gasteiger partial charge in [0.2, 0.25) is 0 Å². The molecule has 0 radical (unpaired) electrons. The van der Waals surface area contributed by atoms with Gasteiger partial charge in [-0.2, -0.15) is 4.98 Å². The van der Waals surface area contributed by atoms with Gasteiger partial charge in [0.05, 0.1) is 15.7 Å². The number of nitrogen functional groups attached to an aromatic ring is 1. The number of nitrogens with two attached hydrogens (primary N) is 1. The van der Waals surface area contributed by atoms with E-state index in [1.54, 1.807) is 12.1 Å². The fourth-order valence-electron chi connectivity index (χ4n) is 1.68. The van der Waals surface area contributed by atoms with Crippen LogP contribution in [-0.4, -0.2) is 23.2 Å². The van der Waals surface area contributed by atoms with Gasteiger partial charge in [-0.15, -0.1) is 0 Å². The minimum atomic E-state index is 0.343. The van der Waals surface area contributed by atoms with E-state index in [1.165, 1.54) is 0 Å². The molecule has 0 amide bonds. The first-order valence-corrected chi connectivity index (χ1v) is 6.66. The number of aromatic nitrogens is 2. The number of hydrogen-bond acceptors (Lipinski definition) is 5. The van der Waals surface area contributed by atoms with E-state index in [0.29, 0.717) is 33.1 Å². The van der Waals surface area contributed by atoms with Crippen LogP contribution in [0.15, 0.2) is 16.7 Å². The highest BCUT2D eigenvalue weighted by Gasteiger charge is 2.15. The molecule has 0 atom stereocenters. The Bertz CT molecular complexity index is 558. The van der Waals surface area contributed by atoms with Crippen molar-refractivity contribution >= 4 is 34.8 Å². The number of benzene rings is 1. The monoisotopic (exact) mass is 300 g/mol. The van der Waals surface area contributed by atoms with Gasteiger partial charge in [-0.3, -0.25) is 0 Å². The average Bonchev–Trinajstić information content (AvgIpc) is 2.86. The Kier molecular flexibility index (Phi) is 4.17. The van der Waals surface area contributed by atoms with Crippen LogP contribution in [-0.2, 0) is 0 Å². The van der Waals surface area contributed by atoms with Gasteiger partial charge in [0.15, 0.2) is 0 Å². The lowest BCUT2D eigenvalue weighted by atomic mass is 10.2. The van der Waals surface area contributed by atoms with Crippen LogP contribution in [0.5, 0.6) is 0 Å². The highest BCUT2D eigenvalue weighted by Crippen LogP contribution is 2.33. The van der Waals surface area contributed by atoms with E-state index in [-0.39, 0.29) is 0 Å². The first-order valence-electron chi connectivity index (χ1n) is 5.90. The number of anilines is 2. The van der Waals surface area contributed by atoms with Crippen molar-refractivity contribution < 1.29 is 4.52 Å². The van der Waals surface area contributed by atoms with Gasteiger partial charge < -0.3 is 15.2 Å². The van der Waals surface area contributed by atoms with Crippen molar-refractivity contribution in [2.75, 3.05) is 23.7 Å². The molecule has 5 nitrogen and oxygen atoms in total. The lowest BCUT2D eigenvalue weighted by molar-refractivity contribution is 0.429. The summed E-state index contributed by atoms with van der Waals surface area (Å²) in [6, 6.07) is 3.31. The molecule has 0 saturated carbocycles. The maximum Gasteiger partial charge on any atom is 0.266 e. The number of hydrogen-bond donors (Lipinski definition) is 1. The van der Waals surface area contributed by atoms with E-state index in [4.69, 9.17) is 33.5 Å². The zero-order chi connectivity index (χ0) is 14.0. The van der Waals surface area contributed by atoms with Crippen molar-refractivity contribution in [2.24, 2.45) is 0 Å². The molecule has 1 aromatic heterocycles. The summed E-state index contributed by atoms with van der Waals surface area (Å²) in [6.07, 6.45) is 0. The van der Waals surface area contributed by atoms with Crippen LogP contribution in [0, 0.1) is 0 Å². The Morgan fingerprint density at radius 1 is 1.21 bits per heavy atom. The molecular weight excluding hydrogens is 287 g/mol. The molecule has 2 aromatic rings. The maximum atomic E-state index is 5.98. The van der Waals surface area contributed by atoms with E-state index in [2.05, 4.69) is 10.1 Å². The van der Waals surface area contributed by atoms with Crippen LogP contribution in [0.4, 0.5) is 11.6 Å². The third-order valence-electron chi connectivity index (χ3n) is 2.79. The lowest BCUT2D eigenvalue weighted by Gasteiger charge is -2.14. The quantitative estimate of drug-likeness (QED) is 0.876. The second-order valence-electron chi connectivity index (χ2n) is 3.93. The van der Waals surface area contributed by atoms with E-state index in [9.17, 15) is 0 Å². The van der Waals surface area contributed by atoms with Crippen LogP contribution < -0.4 is 10.6 Å². The number of halogens is 2. The summed E-state index contributed by atoms with van der Waals surface area (Å²) in [5, 5.41) is 4.67. The summed E-state index contributed by atoms with van der Waals surface area (Å²) in [6.45, 7) is 5.66. The molecule has 0 spiro atoms. The van der Waals surface area contributed by atoms with Crippen molar-refractivity contribution in [1.82, 2.24) is 10.1 Å². The predicted octanol–water partition coefficient (Wildman–Crippen LogP) is 3.47. The smallest absolute Gasteiger partial charge is 0.266 e. The van der Waals surface area contributed by atoms with Crippen molar-refractivity contribution in [3.63, 3.8) is 0 Å². The minimum absolute atomic E-state index is 0.343. The third-order valence-corrected chi connectivity index (χ3v) is 3.41. The Balaban J connectivity index is 2.38. The second-order valence-corrected chi connectivity index (χ2v) is 4.74. The van der Waals surface area contributed by atoms with Crippen molar-refractivity contribution in [2.45, 2.75) is 13.8 Å². The zero-order valence-electron chi connectivity index (χ0n) is 10.7. The van der Waals surface area contributed by atoms with Gasteiger partial charge in [-0.1, -0.05) is 23.2 Å². The molecule has 1 heterocycles. The van der Waals surface area contributed by atoms with Gasteiger partial charge in [0.25, 0.3) is 11.8 Å². The van der Waals surface area contributed by atoms with Crippen LogP contribution in [0.1, 0.15) is 13.8 Å². The molecule has 0 bridgehead atoms. The van der Waals surface area contributed by atoms with Crippen LogP contribution in [0.3, 0.4) is 0 Å². The largest absolute Gasteiger partial charge is 0.396 e. The van der Waals surface area contributed by atoms with Crippen molar-refractivity contribution in [1.29, 1.82) is 0 Å². The van der Waals surface area contributed by atoms with Crippen molar-refractivity contribution in [3.8, 4) is 11.5 Å². The maximum absolute atomic E-state index is 5.98. The molecule has 102 valence electrons. The Labute approximate surface area is 121 Å². The summed E-state index contributed by atoms with van der Waals surface area (Å²) in [7, 11) is 0. The van der Waals surface area contributed by atoms with Crippen LogP contribution >= 0.6 is 23.2 Å². The van der Waals surface area contributed by atoms with E-state index in [1.807, 2.05) is 18.7 Å². The fourth-order valence-corrected chi connectivity index (χ4v) is 2.16. The lowest BCUT2D eigenvalue weighted by Crippen LogP contribution is -2.22. The van der Waals surface area contributed by atoms with E-state index >= 15 is 0 Å². The Hall–Kier alpha value is -1.46. The molecule has 0 aliphatic rings. The fraction of sp³-hybridized carbons (Fsp3) is 0.333. The van der Waals surface area contributed by atoms with Crippen LogP contribution in [0.25, 0.3) is 11.5 Å². The number of nitrogens with zero attached hydrogens (tertiary/aromatic N) is 3. The molecule has 0 aliphatic carbocycles. The molecule has 7 heteroatoms. The summed E-state index contributed by atoms with van der Waals surface area (Å²) in [5.74, 6) is 0.912. The zero-order valence-corrected chi connectivity index (χ0v) is 12.2. The molecule has 0 fully saturated rings. The number of rotatable bonds is 4. The van der Waals surface area contributed by atoms with Gasteiger partial charge in [-0.25, -0.2) is 0 Å². The highest BCUT2D eigenvalue weighted by atomic mass is 35.5. The van der Waals surface area contributed by atoms with E-state index in [0.717, 1.165) is 13.1 Å². The summed E-state index contributed by atoms with van der Waals surface area (Å²) in [4.78, 5) is 6.30. The second kappa shape index (κ2) is 5.67. The first kappa shape index (κ1) is 14.0. The molecule has 2 N–H and O–H groups in total. The average molecular weight is 301 g/mol. The molecule has 1 aromatic carbocycles. The highest BCUT2D eigenvalue weighted by molar-refractivity contribution is 6.39. The van der Waals surface area contributed by atoms with Crippen molar-refractivity contribution in [3.05, 3.63) is 22.2 Å². The Morgan fingerprint density at radius 3 is 2.32 bits per heavy atom. The predicted molar refractivity (Wildman–Crippen MR) is 77.7 cm³/mol. The normalized spacial score (nSPS) is 10.7. The molecule has 0 saturated heterocycles. The molecule has 2 rings (SSSR count). The van der Waals surface area contributed by atoms with Gasteiger partial charge in [-0.05, 0) is 31.1 Å². The topological polar surface area (TPSA) is 68.2 Å². The standard InChI is InChI=1S/C12H14Cl2N4O/c1-3-18(4-2)12-16-11(19-17-12)7-5-8(13)10(15)9(14)6-7/h5-6H,3-4,15H2,1-2H3. The first-order chi connectivity index (χ1) is 9.06. The SMILES string of the molecule is CCN(CC)c1noc(-c2cc(Cl)c(N)c(Cl)c2)n1. The van der Waals surface area contributed by atoms with E-state index < -0.39 is 0 Å². The van der Waals surface area contributed by atoms with Gasteiger partial charge in [0.1, 0.15) is 0 Å². The third kappa shape index (κ3) is 2.77. The molecule has 19 heavy (non-hydrogen) atoms. The molecule has 0 unspecified atom stereocenters. The summed E-state index contributed by atoms with van der Waals surface area (Å²) < 4.78 is 5.22. The molecule has 0 aliphatic heterocycles. The molecular formula is C12H14Cl2N4O. The van der Waals surface area contributed by atoms with Crippen LogP contribution in [0.2, 0.25) is 10.0 Å². The van der Waals surface area contributed by atoms with Gasteiger partial charge >= 0.3 is 0 Å². The Morgan fingerprint density at radius 2 is 1.79 bits per heavy atom. The minimum Gasteiger partial charge on any atom is -0.396 e. The summed E-state index contributed by atoms with van der Waals surface area (Å²) >= 11 is 12.0. The van der Waals surface area contributed by atoms with Gasteiger partial charge in [0, 0.05) is 18.7 Å².